The van der Waals surface area contributed by atoms with Crippen LogP contribution in [-0.4, -0.2) is 48.7 Å². The van der Waals surface area contributed by atoms with Gasteiger partial charge in [0, 0.05) is 26.2 Å². The van der Waals surface area contributed by atoms with Crippen LogP contribution < -0.4 is 5.32 Å². The van der Waals surface area contributed by atoms with Gasteiger partial charge in [0.25, 0.3) is 0 Å². The molecule has 1 aliphatic heterocycles. The zero-order chi connectivity index (χ0) is 12.9. The van der Waals surface area contributed by atoms with Crippen molar-refractivity contribution in [3.8, 4) is 0 Å². The highest BCUT2D eigenvalue weighted by Crippen LogP contribution is 2.36. The summed E-state index contributed by atoms with van der Waals surface area (Å²) in [5.74, 6) is 0.613. The molecule has 1 heterocycles. The van der Waals surface area contributed by atoms with Crippen LogP contribution in [-0.2, 0) is 4.79 Å². The van der Waals surface area contributed by atoms with Crippen LogP contribution in [0.3, 0.4) is 0 Å². The fourth-order valence-electron chi connectivity index (χ4n) is 2.61. The molecule has 1 atom stereocenters. The van der Waals surface area contributed by atoms with Gasteiger partial charge >= 0.3 is 0 Å². The first-order valence-electron chi connectivity index (χ1n) is 6.69. The van der Waals surface area contributed by atoms with Gasteiger partial charge in [0.2, 0.25) is 5.91 Å². The van der Waals surface area contributed by atoms with Gasteiger partial charge in [-0.1, -0.05) is 13.8 Å². The molecule has 4 heteroatoms. The van der Waals surface area contributed by atoms with Gasteiger partial charge in [-0.25, -0.2) is 0 Å². The molecule has 0 aliphatic carbocycles. The lowest BCUT2D eigenvalue weighted by molar-refractivity contribution is -0.143. The number of nitrogens with one attached hydrogen (secondary N) is 1. The summed E-state index contributed by atoms with van der Waals surface area (Å²) in [7, 11) is 0. The number of hydrogen-bond donors (Lipinski definition) is 2. The van der Waals surface area contributed by atoms with Gasteiger partial charge in [0.15, 0.2) is 0 Å². The van der Waals surface area contributed by atoms with Crippen molar-refractivity contribution in [3.63, 3.8) is 0 Å². The molecule has 17 heavy (non-hydrogen) atoms. The number of nitrogens with zero attached hydrogens (tertiary/aromatic N) is 1. The summed E-state index contributed by atoms with van der Waals surface area (Å²) < 4.78 is 0. The lowest BCUT2D eigenvalue weighted by Gasteiger charge is -2.36. The number of aliphatic hydroxyl groups excluding tert-OH is 1. The van der Waals surface area contributed by atoms with E-state index in [-0.39, 0.29) is 17.9 Å². The highest BCUT2D eigenvalue weighted by atomic mass is 16.3. The van der Waals surface area contributed by atoms with Gasteiger partial charge in [-0.2, -0.15) is 0 Å². The molecule has 2 N–H and O–H groups in total. The summed E-state index contributed by atoms with van der Waals surface area (Å²) >= 11 is 0. The van der Waals surface area contributed by atoms with Gasteiger partial charge in [0.1, 0.15) is 0 Å². The maximum absolute atomic E-state index is 12.7. The van der Waals surface area contributed by atoms with E-state index < -0.39 is 0 Å². The molecule has 0 aromatic carbocycles. The maximum atomic E-state index is 12.7. The Morgan fingerprint density at radius 2 is 2.24 bits per heavy atom. The summed E-state index contributed by atoms with van der Waals surface area (Å²) in [6.07, 6.45) is 1.60. The monoisotopic (exact) mass is 242 g/mol. The van der Waals surface area contributed by atoms with E-state index in [4.69, 9.17) is 5.11 Å². The molecule has 1 amide bonds. The molecule has 0 aromatic heterocycles. The molecule has 1 unspecified atom stereocenters. The molecule has 1 saturated heterocycles. The van der Waals surface area contributed by atoms with E-state index in [1.165, 1.54) is 0 Å². The summed E-state index contributed by atoms with van der Waals surface area (Å²) in [5, 5.41) is 12.2. The van der Waals surface area contributed by atoms with Crippen LogP contribution in [0.2, 0.25) is 0 Å². The smallest absolute Gasteiger partial charge is 0.230 e. The van der Waals surface area contributed by atoms with E-state index in [1.807, 2.05) is 11.8 Å². The molecule has 100 valence electrons. The van der Waals surface area contributed by atoms with Crippen LogP contribution in [0, 0.1) is 11.3 Å². The Morgan fingerprint density at radius 3 is 2.65 bits per heavy atom. The second kappa shape index (κ2) is 6.36. The zero-order valence-electron chi connectivity index (χ0n) is 11.3. The minimum absolute atomic E-state index is 0.150. The fourth-order valence-corrected chi connectivity index (χ4v) is 2.61. The first-order valence-corrected chi connectivity index (χ1v) is 6.69. The van der Waals surface area contributed by atoms with Crippen molar-refractivity contribution >= 4 is 5.91 Å². The lowest BCUT2D eigenvalue weighted by Crippen LogP contribution is -2.48. The maximum Gasteiger partial charge on any atom is 0.230 e. The predicted molar refractivity (Wildman–Crippen MR) is 68.7 cm³/mol. The SMILES string of the molecule is CCN(CCCO)C(=O)C1(C(C)C)CCNC1. The minimum atomic E-state index is -0.231. The number of carbonyl (C=O) groups excluding carboxylic acids is 1. The standard InChI is InChI=1S/C13H26N2O2/c1-4-15(8-5-9-16)12(17)13(11(2)3)6-7-14-10-13/h11,14,16H,4-10H2,1-3H3. The third kappa shape index (κ3) is 2.99. The second-order valence-electron chi connectivity index (χ2n) is 5.20. The van der Waals surface area contributed by atoms with Gasteiger partial charge in [-0.3, -0.25) is 4.79 Å². The van der Waals surface area contributed by atoms with Crippen LogP contribution in [0.15, 0.2) is 0 Å². The Morgan fingerprint density at radius 1 is 1.53 bits per heavy atom. The first kappa shape index (κ1) is 14.5. The quantitative estimate of drug-likeness (QED) is 0.726. The lowest BCUT2D eigenvalue weighted by atomic mass is 9.75. The van der Waals surface area contributed by atoms with Crippen molar-refractivity contribution in [1.82, 2.24) is 10.2 Å². The number of rotatable bonds is 6. The molecule has 0 radical (unpaired) electrons. The molecule has 1 rings (SSSR count). The highest BCUT2D eigenvalue weighted by molar-refractivity contribution is 5.83. The topological polar surface area (TPSA) is 52.6 Å². The summed E-state index contributed by atoms with van der Waals surface area (Å²) in [5.41, 5.74) is -0.231. The van der Waals surface area contributed by atoms with E-state index in [0.717, 1.165) is 26.1 Å². The van der Waals surface area contributed by atoms with E-state index in [2.05, 4.69) is 19.2 Å². The molecule has 0 bridgehead atoms. The van der Waals surface area contributed by atoms with Crippen LogP contribution in [0.25, 0.3) is 0 Å². The Kier molecular flexibility index (Phi) is 5.40. The van der Waals surface area contributed by atoms with E-state index in [1.54, 1.807) is 0 Å². The Balaban J connectivity index is 2.76. The van der Waals surface area contributed by atoms with Gasteiger partial charge in [0.05, 0.1) is 5.41 Å². The van der Waals surface area contributed by atoms with E-state index >= 15 is 0 Å². The van der Waals surface area contributed by atoms with Crippen molar-refractivity contribution in [2.24, 2.45) is 11.3 Å². The largest absolute Gasteiger partial charge is 0.396 e. The Labute approximate surface area is 104 Å². The summed E-state index contributed by atoms with van der Waals surface area (Å²) in [4.78, 5) is 14.5. The first-order chi connectivity index (χ1) is 8.08. The van der Waals surface area contributed by atoms with Crippen molar-refractivity contribution in [2.45, 2.75) is 33.6 Å². The average molecular weight is 242 g/mol. The summed E-state index contributed by atoms with van der Waals surface area (Å²) in [6, 6.07) is 0. The zero-order valence-corrected chi connectivity index (χ0v) is 11.3. The third-order valence-corrected chi connectivity index (χ3v) is 3.97. The predicted octanol–water partition coefficient (Wildman–Crippen LogP) is 0.853. The molecule has 0 spiro atoms. The minimum Gasteiger partial charge on any atom is -0.396 e. The van der Waals surface area contributed by atoms with Crippen molar-refractivity contribution in [1.29, 1.82) is 0 Å². The molecule has 0 aromatic rings. The van der Waals surface area contributed by atoms with Crippen LogP contribution in [0.1, 0.15) is 33.6 Å². The van der Waals surface area contributed by atoms with Gasteiger partial charge in [-0.05, 0) is 32.2 Å². The number of amides is 1. The van der Waals surface area contributed by atoms with Crippen LogP contribution >= 0.6 is 0 Å². The van der Waals surface area contributed by atoms with Gasteiger partial charge in [-0.15, -0.1) is 0 Å². The average Bonchev–Trinajstić information content (AvgIpc) is 2.80. The highest BCUT2D eigenvalue weighted by Gasteiger charge is 2.45. The number of aliphatic hydroxyl groups is 1. The molecular formula is C13H26N2O2. The number of carbonyl (C=O) groups is 1. The molecule has 1 aliphatic rings. The number of hydrogen-bond acceptors (Lipinski definition) is 3. The van der Waals surface area contributed by atoms with Crippen molar-refractivity contribution in [2.75, 3.05) is 32.8 Å². The summed E-state index contributed by atoms with van der Waals surface area (Å²) in [6.45, 7) is 9.53. The fraction of sp³-hybridized carbons (Fsp3) is 0.923. The van der Waals surface area contributed by atoms with Crippen molar-refractivity contribution < 1.29 is 9.90 Å². The molecule has 1 fully saturated rings. The Hall–Kier alpha value is -0.610. The van der Waals surface area contributed by atoms with Crippen molar-refractivity contribution in [3.05, 3.63) is 0 Å². The van der Waals surface area contributed by atoms with Crippen LogP contribution in [0.5, 0.6) is 0 Å². The molecule has 0 saturated carbocycles. The van der Waals surface area contributed by atoms with Crippen LogP contribution in [0.4, 0.5) is 0 Å². The van der Waals surface area contributed by atoms with E-state index in [9.17, 15) is 4.79 Å². The van der Waals surface area contributed by atoms with E-state index in [0.29, 0.717) is 18.9 Å². The third-order valence-electron chi connectivity index (χ3n) is 3.97. The second-order valence-corrected chi connectivity index (χ2v) is 5.20. The molecule has 4 nitrogen and oxygen atoms in total. The Bertz CT molecular complexity index is 248. The normalized spacial score (nSPS) is 24.3. The van der Waals surface area contributed by atoms with Gasteiger partial charge < -0.3 is 15.3 Å². The molecular weight excluding hydrogens is 216 g/mol.